The molecular weight excluding hydrogens is 358 g/mol. The SMILES string of the molecule is C[C@H](c1ccc(-n2cncn2)cc1)N(C)Cn1nc2n(c1=S)CCCCC2. The molecule has 0 radical (unpaired) electrons. The van der Waals surface area contributed by atoms with Gasteiger partial charge in [0.1, 0.15) is 18.5 Å². The highest BCUT2D eigenvalue weighted by molar-refractivity contribution is 7.71. The lowest BCUT2D eigenvalue weighted by molar-refractivity contribution is 0.194. The van der Waals surface area contributed by atoms with Crippen molar-refractivity contribution in [3.05, 3.63) is 53.1 Å². The predicted molar refractivity (Wildman–Crippen MR) is 106 cm³/mol. The highest BCUT2D eigenvalue weighted by Crippen LogP contribution is 2.21. The third-order valence-electron chi connectivity index (χ3n) is 5.36. The van der Waals surface area contributed by atoms with E-state index in [-0.39, 0.29) is 6.04 Å². The van der Waals surface area contributed by atoms with Gasteiger partial charge in [0.15, 0.2) is 4.77 Å². The van der Waals surface area contributed by atoms with Crippen LogP contribution in [0, 0.1) is 4.77 Å². The minimum atomic E-state index is 0.248. The summed E-state index contributed by atoms with van der Waals surface area (Å²) < 4.78 is 6.78. The Hall–Kier alpha value is -2.32. The van der Waals surface area contributed by atoms with E-state index < -0.39 is 0 Å². The summed E-state index contributed by atoms with van der Waals surface area (Å²) in [6.07, 6.45) is 7.93. The Morgan fingerprint density at radius 1 is 1.19 bits per heavy atom. The molecule has 0 aliphatic carbocycles. The lowest BCUT2D eigenvalue weighted by atomic mass is 10.1. The minimum absolute atomic E-state index is 0.248. The van der Waals surface area contributed by atoms with E-state index in [4.69, 9.17) is 17.3 Å². The molecule has 0 fully saturated rings. The van der Waals surface area contributed by atoms with E-state index in [0.717, 1.165) is 29.2 Å². The number of aromatic nitrogens is 6. The van der Waals surface area contributed by atoms with Crippen LogP contribution < -0.4 is 0 Å². The van der Waals surface area contributed by atoms with Gasteiger partial charge in [-0.1, -0.05) is 18.6 Å². The quantitative estimate of drug-likeness (QED) is 0.632. The van der Waals surface area contributed by atoms with Crippen molar-refractivity contribution < 1.29 is 0 Å². The smallest absolute Gasteiger partial charge is 0.199 e. The third kappa shape index (κ3) is 3.72. The molecule has 0 N–H and O–H groups in total. The number of nitrogens with zero attached hydrogens (tertiary/aromatic N) is 7. The van der Waals surface area contributed by atoms with Gasteiger partial charge in [-0.3, -0.25) is 4.90 Å². The fourth-order valence-electron chi connectivity index (χ4n) is 3.55. The Balaban J connectivity index is 1.48. The van der Waals surface area contributed by atoms with Crippen LogP contribution in [0.3, 0.4) is 0 Å². The second-order valence-corrected chi connectivity index (χ2v) is 7.53. The van der Waals surface area contributed by atoms with Crippen LogP contribution in [0.25, 0.3) is 5.69 Å². The zero-order valence-corrected chi connectivity index (χ0v) is 16.6. The maximum atomic E-state index is 5.68. The summed E-state index contributed by atoms with van der Waals surface area (Å²) in [7, 11) is 2.11. The molecule has 1 aliphatic heterocycles. The van der Waals surface area contributed by atoms with E-state index in [9.17, 15) is 0 Å². The molecule has 0 spiro atoms. The molecule has 0 amide bonds. The molecule has 1 aromatic carbocycles. The fourth-order valence-corrected chi connectivity index (χ4v) is 3.85. The minimum Gasteiger partial charge on any atom is -0.304 e. The molecule has 8 heteroatoms. The van der Waals surface area contributed by atoms with Crippen molar-refractivity contribution in [1.29, 1.82) is 0 Å². The van der Waals surface area contributed by atoms with Gasteiger partial charge in [-0.15, -0.1) is 0 Å². The van der Waals surface area contributed by atoms with Gasteiger partial charge in [-0.2, -0.15) is 10.2 Å². The Morgan fingerprint density at radius 2 is 2.00 bits per heavy atom. The van der Waals surface area contributed by atoms with Crippen molar-refractivity contribution in [2.75, 3.05) is 7.05 Å². The molecule has 142 valence electrons. The van der Waals surface area contributed by atoms with E-state index in [1.807, 2.05) is 4.68 Å². The maximum Gasteiger partial charge on any atom is 0.199 e. The second-order valence-electron chi connectivity index (χ2n) is 7.17. The molecule has 0 bridgehead atoms. The van der Waals surface area contributed by atoms with Gasteiger partial charge in [0.05, 0.1) is 12.4 Å². The zero-order valence-electron chi connectivity index (χ0n) is 15.8. The van der Waals surface area contributed by atoms with E-state index in [2.05, 4.69) is 57.8 Å². The van der Waals surface area contributed by atoms with Crippen molar-refractivity contribution in [2.24, 2.45) is 0 Å². The van der Waals surface area contributed by atoms with Crippen LogP contribution in [0.4, 0.5) is 0 Å². The number of rotatable bonds is 5. The fraction of sp³-hybridized carbons (Fsp3) is 0.474. The van der Waals surface area contributed by atoms with Crippen molar-refractivity contribution in [1.82, 2.24) is 34.0 Å². The summed E-state index contributed by atoms with van der Waals surface area (Å²) >= 11 is 5.68. The van der Waals surface area contributed by atoms with Crippen LogP contribution in [-0.2, 0) is 19.6 Å². The first-order chi connectivity index (χ1) is 13.1. The predicted octanol–water partition coefficient (Wildman–Crippen LogP) is 3.37. The topological polar surface area (TPSA) is 56.7 Å². The Labute approximate surface area is 164 Å². The average Bonchev–Trinajstić information content (AvgIpc) is 3.25. The first kappa shape index (κ1) is 18.1. The monoisotopic (exact) mass is 383 g/mol. The van der Waals surface area contributed by atoms with Gasteiger partial charge < -0.3 is 4.57 Å². The van der Waals surface area contributed by atoms with Gasteiger partial charge in [0.25, 0.3) is 0 Å². The number of hydrogen-bond acceptors (Lipinski definition) is 5. The van der Waals surface area contributed by atoms with Crippen molar-refractivity contribution in [2.45, 2.75) is 51.9 Å². The van der Waals surface area contributed by atoms with Crippen LogP contribution in [-0.4, -0.2) is 41.1 Å². The van der Waals surface area contributed by atoms with Crippen LogP contribution in [0.15, 0.2) is 36.9 Å². The second kappa shape index (κ2) is 7.74. The average molecular weight is 384 g/mol. The molecule has 7 nitrogen and oxygen atoms in total. The number of fused-ring (bicyclic) bond motifs is 1. The maximum absolute atomic E-state index is 5.68. The summed E-state index contributed by atoms with van der Waals surface area (Å²) in [5, 5.41) is 8.96. The Morgan fingerprint density at radius 3 is 2.74 bits per heavy atom. The molecule has 0 saturated heterocycles. The van der Waals surface area contributed by atoms with Gasteiger partial charge in [-0.05, 0) is 56.7 Å². The van der Waals surface area contributed by atoms with Crippen molar-refractivity contribution in [3.8, 4) is 5.69 Å². The van der Waals surface area contributed by atoms with Gasteiger partial charge >= 0.3 is 0 Å². The highest BCUT2D eigenvalue weighted by atomic mass is 32.1. The van der Waals surface area contributed by atoms with Gasteiger partial charge in [0, 0.05) is 19.0 Å². The van der Waals surface area contributed by atoms with E-state index in [1.54, 1.807) is 17.3 Å². The first-order valence-electron chi connectivity index (χ1n) is 9.45. The Kier molecular flexibility index (Phi) is 5.18. The van der Waals surface area contributed by atoms with E-state index in [1.165, 1.54) is 24.8 Å². The molecule has 1 atom stereocenters. The van der Waals surface area contributed by atoms with Crippen LogP contribution in [0.5, 0.6) is 0 Å². The highest BCUT2D eigenvalue weighted by Gasteiger charge is 2.17. The summed E-state index contributed by atoms with van der Waals surface area (Å²) in [5.41, 5.74) is 2.25. The molecule has 4 rings (SSSR count). The van der Waals surface area contributed by atoms with E-state index >= 15 is 0 Å². The number of aryl methyl sites for hydroxylation is 1. The summed E-state index contributed by atoms with van der Waals surface area (Å²) in [4.78, 5) is 6.27. The van der Waals surface area contributed by atoms with Crippen LogP contribution in [0.2, 0.25) is 0 Å². The van der Waals surface area contributed by atoms with Crippen LogP contribution in [0.1, 0.15) is 43.6 Å². The van der Waals surface area contributed by atoms with Crippen LogP contribution >= 0.6 is 12.2 Å². The van der Waals surface area contributed by atoms with Crippen molar-refractivity contribution >= 4 is 12.2 Å². The van der Waals surface area contributed by atoms with Gasteiger partial charge in [-0.25, -0.2) is 14.3 Å². The lowest BCUT2D eigenvalue weighted by Crippen LogP contribution is -2.26. The molecule has 27 heavy (non-hydrogen) atoms. The van der Waals surface area contributed by atoms with Crippen molar-refractivity contribution in [3.63, 3.8) is 0 Å². The number of benzene rings is 1. The molecule has 2 aromatic heterocycles. The summed E-state index contributed by atoms with van der Waals surface area (Å²) in [6, 6.07) is 8.66. The normalized spacial score (nSPS) is 15.5. The largest absolute Gasteiger partial charge is 0.304 e. The molecule has 3 aromatic rings. The molecule has 0 saturated carbocycles. The molecule has 3 heterocycles. The first-order valence-corrected chi connectivity index (χ1v) is 9.86. The summed E-state index contributed by atoms with van der Waals surface area (Å²) in [5.74, 6) is 1.13. The third-order valence-corrected chi connectivity index (χ3v) is 5.79. The molecule has 0 unspecified atom stereocenters. The van der Waals surface area contributed by atoms with E-state index in [0.29, 0.717) is 6.67 Å². The molecular formula is C19H25N7S. The lowest BCUT2D eigenvalue weighted by Gasteiger charge is -2.25. The Bertz CT molecular complexity index is 940. The zero-order chi connectivity index (χ0) is 18.8. The summed E-state index contributed by atoms with van der Waals surface area (Å²) in [6.45, 7) is 3.89. The number of hydrogen-bond donors (Lipinski definition) is 0. The van der Waals surface area contributed by atoms with Gasteiger partial charge in [0.2, 0.25) is 0 Å². The standard InChI is InChI=1S/C19H25N7S/c1-15(16-7-9-17(10-8-16)25-13-20-12-21-25)23(2)14-26-19(27)24-11-5-3-4-6-18(24)22-26/h7-10,12-13,15H,3-6,11,14H2,1-2H3/t15-/m1/s1. The molecule has 1 aliphatic rings.